The van der Waals surface area contributed by atoms with Crippen molar-refractivity contribution in [2.45, 2.75) is 74.8 Å². The molecule has 5 aliphatic rings. The number of halogens is 1. The van der Waals surface area contributed by atoms with Gasteiger partial charge in [0.25, 0.3) is 0 Å². The Kier molecular flexibility index (Phi) is 5.86. The highest BCUT2D eigenvalue weighted by Gasteiger charge is 2.72. The minimum absolute atomic E-state index is 0.00459. The summed E-state index contributed by atoms with van der Waals surface area (Å²) < 4.78 is 19.2. The molecule has 3 aliphatic carbocycles. The number of carbonyl (C=O) groups is 2. The second kappa shape index (κ2) is 8.94. The summed E-state index contributed by atoms with van der Waals surface area (Å²) in [7, 11) is 0. The smallest absolute Gasteiger partial charge is 0.228 e. The third kappa shape index (κ3) is 4.21. The first-order chi connectivity index (χ1) is 17.4. The van der Waals surface area contributed by atoms with Crippen molar-refractivity contribution in [2.24, 2.45) is 5.41 Å². The van der Waals surface area contributed by atoms with Crippen molar-refractivity contribution >= 4 is 11.8 Å². The zero-order chi connectivity index (χ0) is 24.8. The summed E-state index contributed by atoms with van der Waals surface area (Å²) in [5.41, 5.74) is 2.09. The van der Waals surface area contributed by atoms with Crippen LogP contribution in [0.1, 0.15) is 62.5 Å². The molecule has 2 amide bonds. The largest absolute Gasteiger partial charge is 0.375 e. The van der Waals surface area contributed by atoms with E-state index in [-0.39, 0.29) is 28.4 Å². The molecule has 2 saturated heterocycles. The highest BCUT2D eigenvalue weighted by molar-refractivity contribution is 5.87. The van der Waals surface area contributed by atoms with Gasteiger partial charge in [-0.3, -0.25) is 9.59 Å². The normalized spacial score (nSPS) is 30.2. The number of benzene rings is 1. The first kappa shape index (κ1) is 23.6. The Hall–Kier alpha value is -2.80. The number of rotatable bonds is 6. The number of aryl methyl sites for hydroxylation is 1. The SMILES string of the molecule is O=C(CCc1ccc(F)nc1)N[C@H]1CCOC2(CCN(C(=O)C34CC(c5ccccc5)(C3)C4)CC2)C1. The minimum Gasteiger partial charge on any atom is -0.375 e. The Morgan fingerprint density at radius 3 is 2.53 bits per heavy atom. The zero-order valence-corrected chi connectivity index (χ0v) is 20.7. The quantitative estimate of drug-likeness (QED) is 0.622. The molecule has 7 heteroatoms. The van der Waals surface area contributed by atoms with E-state index >= 15 is 0 Å². The van der Waals surface area contributed by atoms with Gasteiger partial charge in [-0.25, -0.2) is 4.98 Å². The summed E-state index contributed by atoms with van der Waals surface area (Å²) in [6.45, 7) is 2.10. The average Bonchev–Trinajstić information content (AvgIpc) is 2.83. The van der Waals surface area contributed by atoms with Gasteiger partial charge in [-0.1, -0.05) is 36.4 Å². The van der Waals surface area contributed by atoms with Gasteiger partial charge >= 0.3 is 0 Å². The molecule has 190 valence electrons. The molecule has 1 atom stereocenters. The molecule has 2 aliphatic heterocycles. The number of amides is 2. The molecule has 2 aromatic rings. The second-order valence-electron chi connectivity index (χ2n) is 11.5. The number of likely N-dealkylation sites (tertiary alicyclic amines) is 1. The molecular weight excluding hydrogens is 457 g/mol. The van der Waals surface area contributed by atoms with Gasteiger partial charge in [0.15, 0.2) is 0 Å². The topological polar surface area (TPSA) is 71.5 Å². The van der Waals surface area contributed by atoms with Crippen molar-refractivity contribution in [1.29, 1.82) is 0 Å². The molecule has 3 saturated carbocycles. The molecule has 0 unspecified atom stereocenters. The molecule has 3 heterocycles. The van der Waals surface area contributed by atoms with Gasteiger partial charge < -0.3 is 15.0 Å². The lowest BCUT2D eigenvalue weighted by Gasteiger charge is -2.70. The van der Waals surface area contributed by atoms with Crippen LogP contribution in [0.4, 0.5) is 4.39 Å². The maximum atomic E-state index is 13.4. The molecule has 2 bridgehead atoms. The molecule has 6 nitrogen and oxygen atoms in total. The number of carbonyl (C=O) groups excluding carboxylic acids is 2. The lowest BCUT2D eigenvalue weighted by atomic mass is 9.33. The highest BCUT2D eigenvalue weighted by atomic mass is 19.1. The Balaban J connectivity index is 0.976. The third-order valence-corrected chi connectivity index (χ3v) is 9.12. The fourth-order valence-electron chi connectivity index (χ4n) is 7.18. The molecular formula is C29H34FN3O3. The van der Waals surface area contributed by atoms with Crippen molar-refractivity contribution in [2.75, 3.05) is 19.7 Å². The van der Waals surface area contributed by atoms with Crippen LogP contribution >= 0.6 is 0 Å². The van der Waals surface area contributed by atoms with Gasteiger partial charge in [-0.15, -0.1) is 0 Å². The number of hydrogen-bond donors (Lipinski definition) is 1. The van der Waals surface area contributed by atoms with E-state index in [0.717, 1.165) is 63.6 Å². The van der Waals surface area contributed by atoms with Gasteiger partial charge in [0.05, 0.1) is 11.0 Å². The van der Waals surface area contributed by atoms with Gasteiger partial charge in [0.2, 0.25) is 17.8 Å². The van der Waals surface area contributed by atoms with Crippen LogP contribution in [0.15, 0.2) is 48.7 Å². The van der Waals surface area contributed by atoms with Gasteiger partial charge in [0.1, 0.15) is 0 Å². The molecule has 5 fully saturated rings. The molecule has 1 aromatic carbocycles. The summed E-state index contributed by atoms with van der Waals surface area (Å²) in [5.74, 6) is -0.167. The Morgan fingerprint density at radius 1 is 1.08 bits per heavy atom. The number of nitrogens with zero attached hydrogens (tertiary/aromatic N) is 2. The fraction of sp³-hybridized carbons (Fsp3) is 0.552. The molecule has 36 heavy (non-hydrogen) atoms. The number of ether oxygens (including phenoxy) is 1. The standard InChI is InChI=1S/C29H34FN3O3/c30-24-8-6-21(17-31-24)7-9-25(34)32-23-10-15-36-29(16-23)11-13-33(14-12-29)26(35)28-18-27(19-28,20-28)22-4-2-1-3-5-22/h1-6,8,17,23H,7,9-16,18-20H2,(H,32,34)/t23-,27?,28?/m0/s1. The summed E-state index contributed by atoms with van der Waals surface area (Å²) >= 11 is 0. The van der Waals surface area contributed by atoms with E-state index in [1.165, 1.54) is 17.8 Å². The zero-order valence-electron chi connectivity index (χ0n) is 20.7. The highest BCUT2D eigenvalue weighted by Crippen LogP contribution is 2.74. The summed E-state index contributed by atoms with van der Waals surface area (Å²) in [4.78, 5) is 31.7. The molecule has 0 radical (unpaired) electrons. The van der Waals surface area contributed by atoms with Crippen molar-refractivity contribution in [3.05, 3.63) is 65.7 Å². The van der Waals surface area contributed by atoms with E-state index in [1.54, 1.807) is 6.07 Å². The maximum Gasteiger partial charge on any atom is 0.228 e. The van der Waals surface area contributed by atoms with Crippen molar-refractivity contribution < 1.29 is 18.7 Å². The fourth-order valence-corrected chi connectivity index (χ4v) is 7.18. The van der Waals surface area contributed by atoms with Crippen LogP contribution in [0, 0.1) is 11.4 Å². The Morgan fingerprint density at radius 2 is 1.83 bits per heavy atom. The molecule has 1 aromatic heterocycles. The number of piperidine rings is 1. The van der Waals surface area contributed by atoms with Gasteiger partial charge in [-0.2, -0.15) is 4.39 Å². The number of nitrogens with one attached hydrogen (secondary N) is 1. The van der Waals surface area contributed by atoms with Gasteiger partial charge in [0, 0.05) is 38.4 Å². The Bertz CT molecular complexity index is 1110. The summed E-state index contributed by atoms with van der Waals surface area (Å²) in [6, 6.07) is 13.7. The van der Waals surface area contributed by atoms with Gasteiger partial charge in [-0.05, 0) is 74.0 Å². The molecule has 1 N–H and O–H groups in total. The number of hydrogen-bond acceptors (Lipinski definition) is 4. The lowest BCUT2D eigenvalue weighted by Crippen LogP contribution is -2.71. The molecule has 7 rings (SSSR count). The van der Waals surface area contributed by atoms with Crippen LogP contribution in [0.3, 0.4) is 0 Å². The van der Waals surface area contributed by atoms with Crippen LogP contribution < -0.4 is 5.32 Å². The third-order valence-electron chi connectivity index (χ3n) is 9.12. The predicted octanol–water partition coefficient (Wildman–Crippen LogP) is 3.93. The van der Waals surface area contributed by atoms with E-state index in [1.807, 2.05) is 0 Å². The number of pyridine rings is 1. The first-order valence-electron chi connectivity index (χ1n) is 13.3. The van der Waals surface area contributed by atoms with Crippen molar-refractivity contribution in [3.8, 4) is 0 Å². The second-order valence-corrected chi connectivity index (χ2v) is 11.5. The summed E-state index contributed by atoms with van der Waals surface area (Å²) in [6.07, 6.45) is 8.59. The first-order valence-corrected chi connectivity index (χ1v) is 13.3. The van der Waals surface area contributed by atoms with E-state index in [4.69, 9.17) is 4.74 Å². The van der Waals surface area contributed by atoms with E-state index in [2.05, 4.69) is 45.5 Å². The predicted molar refractivity (Wildman–Crippen MR) is 133 cm³/mol. The lowest BCUT2D eigenvalue weighted by molar-refractivity contribution is -0.193. The van der Waals surface area contributed by atoms with Crippen LogP contribution in [0.5, 0.6) is 0 Å². The van der Waals surface area contributed by atoms with Crippen molar-refractivity contribution in [1.82, 2.24) is 15.2 Å². The van der Waals surface area contributed by atoms with Crippen LogP contribution in [0.25, 0.3) is 0 Å². The van der Waals surface area contributed by atoms with E-state index < -0.39 is 5.95 Å². The molecule has 1 spiro atoms. The summed E-state index contributed by atoms with van der Waals surface area (Å²) in [5, 5.41) is 3.18. The van der Waals surface area contributed by atoms with E-state index in [9.17, 15) is 14.0 Å². The van der Waals surface area contributed by atoms with Crippen LogP contribution in [-0.2, 0) is 26.2 Å². The van der Waals surface area contributed by atoms with Crippen LogP contribution in [0.2, 0.25) is 0 Å². The number of aromatic nitrogens is 1. The van der Waals surface area contributed by atoms with Crippen LogP contribution in [-0.4, -0.2) is 53.0 Å². The Labute approximate surface area is 211 Å². The van der Waals surface area contributed by atoms with Crippen molar-refractivity contribution in [3.63, 3.8) is 0 Å². The monoisotopic (exact) mass is 491 g/mol. The maximum absolute atomic E-state index is 13.4. The average molecular weight is 492 g/mol. The van der Waals surface area contributed by atoms with E-state index in [0.29, 0.717) is 25.4 Å². The minimum atomic E-state index is -0.510.